The van der Waals surface area contributed by atoms with E-state index in [9.17, 15) is 13.6 Å². The molecule has 0 aliphatic heterocycles. The number of anilines is 1. The fraction of sp³-hybridized carbons (Fsp3) is 0.136. The molecule has 1 heterocycles. The third-order valence-corrected chi connectivity index (χ3v) is 5.69. The van der Waals surface area contributed by atoms with Crippen LogP contribution >= 0.6 is 0 Å². The number of rotatable bonds is 9. The van der Waals surface area contributed by atoms with Crippen LogP contribution in [-0.4, -0.2) is 28.7 Å². The van der Waals surface area contributed by atoms with Gasteiger partial charge in [-0.25, -0.2) is 8.42 Å². The Kier molecular flexibility index (Phi) is 7.11. The van der Waals surface area contributed by atoms with Crippen LogP contribution in [0.25, 0.3) is 12.2 Å². The van der Waals surface area contributed by atoms with Gasteiger partial charge in [0.15, 0.2) is 12.4 Å². The molecule has 0 aliphatic rings. The van der Waals surface area contributed by atoms with Crippen molar-refractivity contribution in [2.45, 2.75) is 4.90 Å². The van der Waals surface area contributed by atoms with Gasteiger partial charge in [0.05, 0.1) is 17.7 Å². The minimum absolute atomic E-state index is 0.0833. The summed E-state index contributed by atoms with van der Waals surface area (Å²) in [5.41, 5.74) is 7.20. The Morgan fingerprint density at radius 2 is 1.77 bits per heavy atom. The molecular weight excluding hydrogens is 418 g/mol. The predicted octanol–water partition coefficient (Wildman–Crippen LogP) is 2.64. The molecule has 0 spiro atoms. The van der Waals surface area contributed by atoms with Crippen molar-refractivity contribution < 1.29 is 22.6 Å². The van der Waals surface area contributed by atoms with Gasteiger partial charge in [-0.05, 0) is 35.9 Å². The van der Waals surface area contributed by atoms with E-state index < -0.39 is 10.0 Å². The summed E-state index contributed by atoms with van der Waals surface area (Å²) in [5.74, 6) is 0.909. The molecular formula is C22H23N3O5S. The van der Waals surface area contributed by atoms with E-state index in [4.69, 9.17) is 15.2 Å². The number of pyridine rings is 1. The van der Waals surface area contributed by atoms with Crippen molar-refractivity contribution in [3.8, 4) is 11.5 Å². The van der Waals surface area contributed by atoms with E-state index >= 15 is 0 Å². The summed E-state index contributed by atoms with van der Waals surface area (Å²) >= 11 is 0. The van der Waals surface area contributed by atoms with Crippen molar-refractivity contribution in [2.75, 3.05) is 25.0 Å². The quantitative estimate of drug-likeness (QED) is 0.389. The smallest absolute Gasteiger partial charge is 0.262 e. The lowest BCUT2D eigenvalue weighted by molar-refractivity contribution is -0.605. The maximum absolute atomic E-state index is 13.0. The Hall–Kier alpha value is -3.56. The lowest BCUT2D eigenvalue weighted by Gasteiger charge is -2.16. The lowest BCUT2D eigenvalue weighted by atomic mass is 10.1. The number of para-hydroxylation sites is 1. The summed E-state index contributed by atoms with van der Waals surface area (Å²) < 4.78 is 40.1. The molecule has 3 rings (SSSR count). The van der Waals surface area contributed by atoms with Crippen molar-refractivity contribution in [1.82, 2.24) is 0 Å². The lowest BCUT2D eigenvalue weighted by Crippen LogP contribution is -2.23. The summed E-state index contributed by atoms with van der Waals surface area (Å²) in [6.07, 6.45) is 6.28. The number of nitrogens with two attached hydrogens (primary N) is 1. The molecule has 3 N–H and O–H groups in total. The number of nitrogens with zero attached hydrogens (tertiary/aromatic N) is 1. The molecule has 162 valence electrons. The summed E-state index contributed by atoms with van der Waals surface area (Å²) in [6.45, 7) is 0.510. The first-order chi connectivity index (χ1) is 14.9. The van der Waals surface area contributed by atoms with E-state index in [1.165, 1.54) is 31.6 Å². The number of sulfonamides is 1. The minimum atomic E-state index is -3.89. The molecule has 8 nitrogen and oxygen atoms in total. The second-order valence-electron chi connectivity index (χ2n) is 6.46. The van der Waals surface area contributed by atoms with Crippen LogP contribution in [0.4, 0.5) is 5.69 Å². The van der Waals surface area contributed by atoms with Gasteiger partial charge in [0.1, 0.15) is 18.1 Å². The number of nitrogens with one attached hydrogen (secondary N) is 1. The zero-order valence-corrected chi connectivity index (χ0v) is 17.7. The Bertz CT molecular complexity index is 1140. The van der Waals surface area contributed by atoms with E-state index in [1.807, 2.05) is 0 Å². The normalized spacial score (nSPS) is 11.4. The molecule has 0 fully saturated rings. The SMILES string of the molecule is COc1ccc(S(=O)(=O)Nc2c(C=Cc3cc[n+]([O-])cc3)cccc2OCCN)cc1. The Morgan fingerprint density at radius 3 is 2.42 bits per heavy atom. The van der Waals surface area contributed by atoms with E-state index in [0.29, 0.717) is 21.8 Å². The molecule has 0 saturated carbocycles. The Labute approximate surface area is 181 Å². The van der Waals surface area contributed by atoms with E-state index in [-0.39, 0.29) is 23.7 Å². The zero-order chi connectivity index (χ0) is 22.3. The predicted molar refractivity (Wildman–Crippen MR) is 119 cm³/mol. The summed E-state index contributed by atoms with van der Waals surface area (Å²) in [7, 11) is -2.38. The molecule has 31 heavy (non-hydrogen) atoms. The summed E-state index contributed by atoms with van der Waals surface area (Å²) in [6, 6.07) is 14.6. The first kappa shape index (κ1) is 22.1. The van der Waals surface area contributed by atoms with Crippen LogP contribution in [0.1, 0.15) is 11.1 Å². The van der Waals surface area contributed by atoms with Crippen molar-refractivity contribution in [1.29, 1.82) is 0 Å². The minimum Gasteiger partial charge on any atom is -0.619 e. The summed E-state index contributed by atoms with van der Waals surface area (Å²) in [4.78, 5) is 0.0833. The van der Waals surface area contributed by atoms with Gasteiger partial charge in [0.2, 0.25) is 0 Å². The average molecular weight is 442 g/mol. The third kappa shape index (κ3) is 5.74. The number of ether oxygens (including phenoxy) is 2. The molecule has 0 radical (unpaired) electrons. The molecule has 0 unspecified atom stereocenters. The molecule has 0 atom stereocenters. The van der Waals surface area contributed by atoms with Crippen LogP contribution in [0.3, 0.4) is 0 Å². The Morgan fingerprint density at radius 1 is 1.06 bits per heavy atom. The average Bonchev–Trinajstić information content (AvgIpc) is 2.78. The maximum Gasteiger partial charge on any atom is 0.262 e. The van der Waals surface area contributed by atoms with Gasteiger partial charge < -0.3 is 20.4 Å². The van der Waals surface area contributed by atoms with Crippen LogP contribution in [0.15, 0.2) is 71.9 Å². The molecule has 9 heteroatoms. The van der Waals surface area contributed by atoms with Crippen LogP contribution in [0, 0.1) is 5.21 Å². The first-order valence-corrected chi connectivity index (χ1v) is 10.9. The van der Waals surface area contributed by atoms with Crippen molar-refractivity contribution in [2.24, 2.45) is 5.73 Å². The third-order valence-electron chi connectivity index (χ3n) is 4.32. The number of methoxy groups -OCH3 is 1. The van der Waals surface area contributed by atoms with Crippen molar-refractivity contribution in [3.05, 3.63) is 83.3 Å². The van der Waals surface area contributed by atoms with Crippen LogP contribution in [-0.2, 0) is 10.0 Å². The highest BCUT2D eigenvalue weighted by Gasteiger charge is 2.19. The van der Waals surface area contributed by atoms with E-state index in [0.717, 1.165) is 5.56 Å². The van der Waals surface area contributed by atoms with Crippen molar-refractivity contribution in [3.63, 3.8) is 0 Å². The van der Waals surface area contributed by atoms with E-state index in [2.05, 4.69) is 4.72 Å². The van der Waals surface area contributed by atoms with Gasteiger partial charge in [0.25, 0.3) is 10.0 Å². The Balaban J connectivity index is 1.97. The van der Waals surface area contributed by atoms with Gasteiger partial charge in [-0.2, -0.15) is 4.73 Å². The van der Waals surface area contributed by atoms with E-state index in [1.54, 1.807) is 54.6 Å². The molecule has 0 aliphatic carbocycles. The van der Waals surface area contributed by atoms with Gasteiger partial charge in [0, 0.05) is 24.2 Å². The van der Waals surface area contributed by atoms with Gasteiger partial charge >= 0.3 is 0 Å². The van der Waals surface area contributed by atoms with Crippen LogP contribution < -0.4 is 24.7 Å². The number of benzene rings is 2. The number of hydrogen-bond donors (Lipinski definition) is 2. The van der Waals surface area contributed by atoms with Crippen LogP contribution in [0.5, 0.6) is 11.5 Å². The van der Waals surface area contributed by atoms with Crippen LogP contribution in [0.2, 0.25) is 0 Å². The standard InChI is InChI=1S/C22H23N3O5S/c1-29-19-7-9-20(10-8-19)31(27,28)24-22-18(3-2-4-21(22)30-16-13-23)6-5-17-11-14-25(26)15-12-17/h2-12,14-15,24H,13,16,23H2,1H3. The second kappa shape index (κ2) is 9.96. The number of hydrogen-bond acceptors (Lipinski definition) is 6. The zero-order valence-electron chi connectivity index (χ0n) is 16.9. The van der Waals surface area contributed by atoms with Gasteiger partial charge in [-0.3, -0.25) is 4.72 Å². The number of aromatic nitrogens is 1. The van der Waals surface area contributed by atoms with Crippen molar-refractivity contribution >= 4 is 27.9 Å². The largest absolute Gasteiger partial charge is 0.619 e. The summed E-state index contributed by atoms with van der Waals surface area (Å²) in [5, 5.41) is 11.2. The van der Waals surface area contributed by atoms with Gasteiger partial charge in [-0.1, -0.05) is 24.3 Å². The monoisotopic (exact) mass is 441 g/mol. The first-order valence-electron chi connectivity index (χ1n) is 9.42. The highest BCUT2D eigenvalue weighted by atomic mass is 32.2. The molecule has 2 aromatic carbocycles. The fourth-order valence-corrected chi connectivity index (χ4v) is 3.85. The molecule has 0 bridgehead atoms. The fourth-order valence-electron chi connectivity index (χ4n) is 2.75. The molecule has 0 saturated heterocycles. The highest BCUT2D eigenvalue weighted by Crippen LogP contribution is 2.32. The molecule has 3 aromatic rings. The van der Waals surface area contributed by atoms with Gasteiger partial charge in [-0.15, -0.1) is 0 Å². The topological polar surface area (TPSA) is 118 Å². The molecule has 0 amide bonds. The second-order valence-corrected chi connectivity index (χ2v) is 8.15. The highest BCUT2D eigenvalue weighted by molar-refractivity contribution is 7.92. The molecule has 1 aromatic heterocycles. The maximum atomic E-state index is 13.0.